The molecule has 0 aliphatic rings. The highest BCUT2D eigenvalue weighted by atomic mass is 79.9. The molecule has 0 aliphatic heterocycles. The molecule has 0 radical (unpaired) electrons. The zero-order chi connectivity index (χ0) is 18.8. The highest BCUT2D eigenvalue weighted by molar-refractivity contribution is 9.10. The summed E-state index contributed by atoms with van der Waals surface area (Å²) in [5.41, 5.74) is 1.02. The van der Waals surface area contributed by atoms with Gasteiger partial charge in [-0.25, -0.2) is 8.42 Å². The quantitative estimate of drug-likeness (QED) is 0.755. The fourth-order valence-corrected chi connectivity index (χ4v) is 3.89. The lowest BCUT2D eigenvalue weighted by atomic mass is 9.95. The summed E-state index contributed by atoms with van der Waals surface area (Å²) in [6.07, 6.45) is 0. The number of anilines is 2. The maximum Gasteiger partial charge on any atom is 0.262 e. The lowest BCUT2D eigenvalue weighted by Crippen LogP contribution is -2.27. The molecule has 1 amide bonds. The van der Waals surface area contributed by atoms with E-state index in [1.165, 1.54) is 0 Å². The Morgan fingerprint density at radius 3 is 2.32 bits per heavy atom. The van der Waals surface area contributed by atoms with E-state index in [1.807, 2.05) is 20.8 Å². The van der Waals surface area contributed by atoms with Crippen LogP contribution in [0.3, 0.4) is 0 Å². The fraction of sp³-hybridized carbons (Fsp3) is 0.278. The van der Waals surface area contributed by atoms with Crippen molar-refractivity contribution in [3.05, 3.63) is 52.5 Å². The van der Waals surface area contributed by atoms with Gasteiger partial charge in [0.2, 0.25) is 5.91 Å². The van der Waals surface area contributed by atoms with E-state index in [0.29, 0.717) is 21.4 Å². The lowest BCUT2D eigenvalue weighted by Gasteiger charge is -2.18. The number of carbonyl (C=O) groups is 1. The Kier molecular flexibility index (Phi) is 5.58. The summed E-state index contributed by atoms with van der Waals surface area (Å²) >= 11 is 3.29. The van der Waals surface area contributed by atoms with Crippen LogP contribution in [0.15, 0.2) is 51.8 Å². The first-order chi connectivity index (χ1) is 11.5. The van der Waals surface area contributed by atoms with E-state index in [0.717, 1.165) is 0 Å². The molecule has 0 bridgehead atoms. The summed E-state index contributed by atoms with van der Waals surface area (Å²) < 4.78 is 28.5. The molecule has 0 aliphatic carbocycles. The van der Waals surface area contributed by atoms with E-state index in [1.54, 1.807) is 49.4 Å². The SMILES string of the molecule is Cc1ccc(Br)cc1S(=O)(=O)Nc1cccc(NC(=O)C(C)(C)C)c1. The Bertz CT molecular complexity index is 903. The molecular weight excluding hydrogens is 404 g/mol. The van der Waals surface area contributed by atoms with Crippen molar-refractivity contribution in [3.63, 3.8) is 0 Å². The van der Waals surface area contributed by atoms with Gasteiger partial charge in [-0.05, 0) is 42.8 Å². The first-order valence-corrected chi connectivity index (χ1v) is 9.97. The molecule has 0 atom stereocenters. The van der Waals surface area contributed by atoms with Gasteiger partial charge in [-0.2, -0.15) is 0 Å². The number of nitrogens with one attached hydrogen (secondary N) is 2. The second-order valence-electron chi connectivity index (χ2n) is 6.80. The number of hydrogen-bond acceptors (Lipinski definition) is 3. The van der Waals surface area contributed by atoms with Gasteiger partial charge in [0.25, 0.3) is 10.0 Å². The van der Waals surface area contributed by atoms with E-state index >= 15 is 0 Å². The predicted molar refractivity (Wildman–Crippen MR) is 104 cm³/mol. The van der Waals surface area contributed by atoms with Crippen LogP contribution in [-0.4, -0.2) is 14.3 Å². The van der Waals surface area contributed by atoms with Crippen molar-refractivity contribution in [1.82, 2.24) is 0 Å². The monoisotopic (exact) mass is 424 g/mol. The van der Waals surface area contributed by atoms with E-state index < -0.39 is 15.4 Å². The van der Waals surface area contributed by atoms with Crippen molar-refractivity contribution in [1.29, 1.82) is 0 Å². The summed E-state index contributed by atoms with van der Waals surface area (Å²) in [4.78, 5) is 12.3. The van der Waals surface area contributed by atoms with Crippen molar-refractivity contribution in [3.8, 4) is 0 Å². The van der Waals surface area contributed by atoms with E-state index in [-0.39, 0.29) is 10.8 Å². The third-order valence-electron chi connectivity index (χ3n) is 3.49. The normalized spacial score (nSPS) is 11.9. The fourth-order valence-electron chi connectivity index (χ4n) is 2.05. The van der Waals surface area contributed by atoms with Gasteiger partial charge in [-0.15, -0.1) is 0 Å². The minimum Gasteiger partial charge on any atom is -0.326 e. The van der Waals surface area contributed by atoms with Crippen LogP contribution in [0.1, 0.15) is 26.3 Å². The molecule has 0 unspecified atom stereocenters. The van der Waals surface area contributed by atoms with Gasteiger partial charge in [0.1, 0.15) is 0 Å². The molecule has 0 heterocycles. The lowest BCUT2D eigenvalue weighted by molar-refractivity contribution is -0.123. The first-order valence-electron chi connectivity index (χ1n) is 7.69. The minimum absolute atomic E-state index is 0.143. The number of carbonyl (C=O) groups excluding carboxylic acids is 1. The maximum atomic E-state index is 12.6. The third kappa shape index (κ3) is 5.06. The van der Waals surface area contributed by atoms with Gasteiger partial charge in [-0.3, -0.25) is 9.52 Å². The standard InChI is InChI=1S/C18H21BrN2O3S/c1-12-8-9-13(19)10-16(12)25(23,24)21-15-7-5-6-14(11-15)20-17(22)18(2,3)4/h5-11,21H,1-4H3,(H,20,22). The number of rotatable bonds is 4. The Labute approximate surface area is 157 Å². The van der Waals surface area contributed by atoms with Crippen LogP contribution in [0.5, 0.6) is 0 Å². The zero-order valence-electron chi connectivity index (χ0n) is 14.6. The van der Waals surface area contributed by atoms with Gasteiger partial charge in [-0.1, -0.05) is 48.8 Å². The zero-order valence-corrected chi connectivity index (χ0v) is 17.0. The van der Waals surface area contributed by atoms with Crippen LogP contribution in [0.25, 0.3) is 0 Å². The van der Waals surface area contributed by atoms with Gasteiger partial charge < -0.3 is 5.32 Å². The number of amides is 1. The smallest absolute Gasteiger partial charge is 0.262 e. The number of aryl methyl sites for hydroxylation is 1. The number of sulfonamides is 1. The Morgan fingerprint density at radius 2 is 1.68 bits per heavy atom. The molecule has 2 aromatic rings. The van der Waals surface area contributed by atoms with Gasteiger partial charge in [0.05, 0.1) is 10.6 Å². The second-order valence-corrected chi connectivity index (χ2v) is 9.37. The molecule has 2 aromatic carbocycles. The van der Waals surface area contributed by atoms with Crippen molar-refractivity contribution in [2.45, 2.75) is 32.6 Å². The van der Waals surface area contributed by atoms with Crippen LogP contribution < -0.4 is 10.0 Å². The van der Waals surface area contributed by atoms with Crippen LogP contribution >= 0.6 is 15.9 Å². The molecule has 2 N–H and O–H groups in total. The molecule has 0 aromatic heterocycles. The van der Waals surface area contributed by atoms with Crippen molar-refractivity contribution in [2.24, 2.45) is 5.41 Å². The van der Waals surface area contributed by atoms with Gasteiger partial charge in [0.15, 0.2) is 0 Å². The summed E-state index contributed by atoms with van der Waals surface area (Å²) in [6, 6.07) is 11.7. The molecule has 134 valence electrons. The molecule has 0 fully saturated rings. The molecule has 0 saturated heterocycles. The van der Waals surface area contributed by atoms with Gasteiger partial charge >= 0.3 is 0 Å². The number of halogens is 1. The van der Waals surface area contributed by atoms with Gasteiger partial charge in [0, 0.05) is 15.6 Å². The predicted octanol–water partition coefficient (Wildman–Crippen LogP) is 4.54. The highest BCUT2D eigenvalue weighted by Gasteiger charge is 2.22. The van der Waals surface area contributed by atoms with Crippen LogP contribution in [-0.2, 0) is 14.8 Å². The van der Waals surface area contributed by atoms with Crippen LogP contribution in [0, 0.1) is 12.3 Å². The summed E-state index contributed by atoms with van der Waals surface area (Å²) in [6.45, 7) is 7.17. The summed E-state index contributed by atoms with van der Waals surface area (Å²) in [5.74, 6) is -0.143. The molecule has 0 spiro atoms. The molecule has 7 heteroatoms. The average Bonchev–Trinajstić information content (AvgIpc) is 2.48. The molecule has 2 rings (SSSR count). The summed E-state index contributed by atoms with van der Waals surface area (Å²) in [5, 5.41) is 2.79. The average molecular weight is 425 g/mol. The number of hydrogen-bond donors (Lipinski definition) is 2. The van der Waals surface area contributed by atoms with Crippen molar-refractivity contribution in [2.75, 3.05) is 10.0 Å². The summed E-state index contributed by atoms with van der Waals surface area (Å²) in [7, 11) is -3.73. The van der Waals surface area contributed by atoms with Crippen molar-refractivity contribution < 1.29 is 13.2 Å². The highest BCUT2D eigenvalue weighted by Crippen LogP contribution is 2.25. The van der Waals surface area contributed by atoms with Crippen molar-refractivity contribution >= 4 is 43.2 Å². The van der Waals surface area contributed by atoms with E-state index in [2.05, 4.69) is 26.0 Å². The minimum atomic E-state index is -3.73. The largest absolute Gasteiger partial charge is 0.326 e. The van der Waals surface area contributed by atoms with E-state index in [9.17, 15) is 13.2 Å². The molecular formula is C18H21BrN2O3S. The van der Waals surface area contributed by atoms with E-state index in [4.69, 9.17) is 0 Å². The molecule has 5 nitrogen and oxygen atoms in total. The molecule has 25 heavy (non-hydrogen) atoms. The maximum absolute atomic E-state index is 12.6. The Hall–Kier alpha value is -1.86. The molecule has 0 saturated carbocycles. The third-order valence-corrected chi connectivity index (χ3v) is 5.51. The van der Waals surface area contributed by atoms with Crippen LogP contribution in [0.4, 0.5) is 11.4 Å². The van der Waals surface area contributed by atoms with Crippen LogP contribution in [0.2, 0.25) is 0 Å². The second kappa shape index (κ2) is 7.17. The Morgan fingerprint density at radius 1 is 1.04 bits per heavy atom. The first kappa shape index (κ1) is 19.5. The topological polar surface area (TPSA) is 75.3 Å². The number of benzene rings is 2. The Balaban J connectivity index is 2.27.